The molecular weight excluding hydrogens is 289 g/mol. The Morgan fingerprint density at radius 1 is 0.944 bits per heavy atom. The fraction of sp³-hybridized carbons (Fsp3) is 0.143. The van der Waals surface area contributed by atoms with Crippen molar-refractivity contribution >= 4 is 40.5 Å². The summed E-state index contributed by atoms with van der Waals surface area (Å²) in [5, 5.41) is 5.28. The Morgan fingerprint density at radius 2 is 1.67 bits per heavy atom. The van der Waals surface area contributed by atoms with Crippen molar-refractivity contribution in [3.05, 3.63) is 63.1 Å². The lowest BCUT2D eigenvalue weighted by atomic mass is 10.1. The van der Waals surface area contributed by atoms with Gasteiger partial charge in [-0.05, 0) is 36.8 Å². The molecule has 94 valence electrons. The highest BCUT2D eigenvalue weighted by Crippen LogP contribution is 2.30. The molecule has 1 atom stereocenters. The van der Waals surface area contributed by atoms with E-state index in [0.29, 0.717) is 10.0 Å². The molecule has 1 N–H and O–H groups in total. The minimum Gasteiger partial charge on any atom is -0.377 e. The SMILES string of the molecule is CC(Nc1ccc(Cl)cc1Cl)c1ccccc1Cl. The van der Waals surface area contributed by atoms with E-state index in [9.17, 15) is 0 Å². The molecule has 0 heterocycles. The first-order valence-electron chi connectivity index (χ1n) is 5.54. The second kappa shape index (κ2) is 5.83. The lowest BCUT2D eigenvalue weighted by Gasteiger charge is -2.18. The van der Waals surface area contributed by atoms with Crippen molar-refractivity contribution in [2.45, 2.75) is 13.0 Å². The summed E-state index contributed by atoms with van der Waals surface area (Å²) in [6.45, 7) is 2.03. The average molecular weight is 301 g/mol. The molecule has 0 saturated carbocycles. The van der Waals surface area contributed by atoms with Crippen LogP contribution < -0.4 is 5.32 Å². The van der Waals surface area contributed by atoms with E-state index < -0.39 is 0 Å². The van der Waals surface area contributed by atoms with Gasteiger partial charge in [-0.2, -0.15) is 0 Å². The van der Waals surface area contributed by atoms with E-state index in [1.165, 1.54) is 0 Å². The van der Waals surface area contributed by atoms with Crippen molar-refractivity contribution in [3.63, 3.8) is 0 Å². The summed E-state index contributed by atoms with van der Waals surface area (Å²) in [5.41, 5.74) is 1.87. The summed E-state index contributed by atoms with van der Waals surface area (Å²) < 4.78 is 0. The highest BCUT2D eigenvalue weighted by molar-refractivity contribution is 6.36. The molecule has 2 aromatic carbocycles. The third-order valence-corrected chi connectivity index (χ3v) is 3.57. The highest BCUT2D eigenvalue weighted by atomic mass is 35.5. The number of hydrogen-bond donors (Lipinski definition) is 1. The molecule has 0 aliphatic heterocycles. The number of anilines is 1. The fourth-order valence-electron chi connectivity index (χ4n) is 1.74. The Balaban J connectivity index is 2.21. The summed E-state index contributed by atoms with van der Waals surface area (Å²) in [7, 11) is 0. The van der Waals surface area contributed by atoms with Crippen LogP contribution in [0.15, 0.2) is 42.5 Å². The van der Waals surface area contributed by atoms with Gasteiger partial charge in [-0.25, -0.2) is 0 Å². The first kappa shape index (κ1) is 13.5. The Bertz CT molecular complexity index is 554. The molecule has 1 nitrogen and oxygen atoms in total. The van der Waals surface area contributed by atoms with Crippen LogP contribution in [0.5, 0.6) is 0 Å². The van der Waals surface area contributed by atoms with Crippen molar-refractivity contribution in [2.24, 2.45) is 0 Å². The quantitative estimate of drug-likeness (QED) is 0.753. The predicted octanol–water partition coefficient (Wildman–Crippen LogP) is 5.82. The van der Waals surface area contributed by atoms with Crippen molar-refractivity contribution in [2.75, 3.05) is 5.32 Å². The predicted molar refractivity (Wildman–Crippen MR) is 80.0 cm³/mol. The van der Waals surface area contributed by atoms with Gasteiger partial charge in [0, 0.05) is 10.0 Å². The zero-order valence-corrected chi connectivity index (χ0v) is 12.0. The van der Waals surface area contributed by atoms with Crippen LogP contribution in [-0.4, -0.2) is 0 Å². The van der Waals surface area contributed by atoms with Crippen LogP contribution in [0.25, 0.3) is 0 Å². The Kier molecular flexibility index (Phi) is 4.39. The number of halogens is 3. The number of nitrogens with one attached hydrogen (secondary N) is 1. The van der Waals surface area contributed by atoms with Gasteiger partial charge >= 0.3 is 0 Å². The second-order valence-corrected chi connectivity index (χ2v) is 5.26. The molecule has 2 aromatic rings. The molecule has 0 radical (unpaired) electrons. The molecule has 2 rings (SSSR count). The number of rotatable bonds is 3. The standard InChI is InChI=1S/C14H12Cl3N/c1-9(11-4-2-3-5-12(11)16)18-14-7-6-10(15)8-13(14)17/h2-9,18H,1H3. The zero-order valence-electron chi connectivity index (χ0n) is 9.75. The zero-order chi connectivity index (χ0) is 13.1. The summed E-state index contributed by atoms with van der Waals surface area (Å²) in [5.74, 6) is 0. The normalized spacial score (nSPS) is 12.2. The van der Waals surface area contributed by atoms with Crippen LogP contribution in [-0.2, 0) is 0 Å². The number of benzene rings is 2. The van der Waals surface area contributed by atoms with Gasteiger partial charge in [0.2, 0.25) is 0 Å². The van der Waals surface area contributed by atoms with E-state index in [1.807, 2.05) is 37.3 Å². The third-order valence-electron chi connectivity index (χ3n) is 2.67. The molecule has 4 heteroatoms. The van der Waals surface area contributed by atoms with Gasteiger partial charge in [0.25, 0.3) is 0 Å². The smallest absolute Gasteiger partial charge is 0.0652 e. The maximum Gasteiger partial charge on any atom is 0.0652 e. The van der Waals surface area contributed by atoms with Crippen LogP contribution in [0.2, 0.25) is 15.1 Å². The largest absolute Gasteiger partial charge is 0.377 e. The van der Waals surface area contributed by atoms with Crippen LogP contribution in [0, 0.1) is 0 Å². The average Bonchev–Trinajstić information content (AvgIpc) is 2.33. The van der Waals surface area contributed by atoms with E-state index in [0.717, 1.165) is 16.3 Å². The van der Waals surface area contributed by atoms with E-state index in [2.05, 4.69) is 5.32 Å². The fourth-order valence-corrected chi connectivity index (χ4v) is 2.51. The lowest BCUT2D eigenvalue weighted by molar-refractivity contribution is 0.885. The van der Waals surface area contributed by atoms with Crippen molar-refractivity contribution in [1.29, 1.82) is 0 Å². The Hall–Kier alpha value is -0.890. The molecule has 0 fully saturated rings. The van der Waals surface area contributed by atoms with E-state index in [-0.39, 0.29) is 6.04 Å². The topological polar surface area (TPSA) is 12.0 Å². The van der Waals surface area contributed by atoms with Crippen LogP contribution in [0.4, 0.5) is 5.69 Å². The Labute approximate surface area is 122 Å². The van der Waals surface area contributed by atoms with Crippen molar-refractivity contribution in [3.8, 4) is 0 Å². The molecular formula is C14H12Cl3N. The maximum absolute atomic E-state index is 6.16. The van der Waals surface area contributed by atoms with Gasteiger partial charge in [0.15, 0.2) is 0 Å². The molecule has 0 aliphatic rings. The summed E-state index contributed by atoms with van der Waals surface area (Å²) >= 11 is 18.1. The Morgan fingerprint density at radius 3 is 2.33 bits per heavy atom. The second-order valence-electron chi connectivity index (χ2n) is 4.01. The molecule has 1 unspecified atom stereocenters. The maximum atomic E-state index is 6.16. The molecule has 18 heavy (non-hydrogen) atoms. The minimum atomic E-state index is 0.0670. The minimum absolute atomic E-state index is 0.0670. The van der Waals surface area contributed by atoms with E-state index >= 15 is 0 Å². The first-order valence-corrected chi connectivity index (χ1v) is 6.67. The molecule has 0 saturated heterocycles. The van der Waals surface area contributed by atoms with Crippen molar-refractivity contribution in [1.82, 2.24) is 0 Å². The van der Waals surface area contributed by atoms with Gasteiger partial charge in [-0.1, -0.05) is 53.0 Å². The van der Waals surface area contributed by atoms with Gasteiger partial charge in [0.1, 0.15) is 0 Å². The molecule has 0 amide bonds. The van der Waals surface area contributed by atoms with E-state index in [4.69, 9.17) is 34.8 Å². The summed E-state index contributed by atoms with van der Waals surface area (Å²) in [6, 6.07) is 13.2. The highest BCUT2D eigenvalue weighted by Gasteiger charge is 2.10. The van der Waals surface area contributed by atoms with Crippen molar-refractivity contribution < 1.29 is 0 Å². The molecule has 0 spiro atoms. The van der Waals surface area contributed by atoms with Gasteiger partial charge < -0.3 is 5.32 Å². The first-order chi connectivity index (χ1) is 8.58. The van der Waals surface area contributed by atoms with Gasteiger partial charge in [0.05, 0.1) is 16.8 Å². The lowest BCUT2D eigenvalue weighted by Crippen LogP contribution is -2.07. The van der Waals surface area contributed by atoms with Crippen LogP contribution in [0.1, 0.15) is 18.5 Å². The van der Waals surface area contributed by atoms with Crippen LogP contribution >= 0.6 is 34.8 Å². The monoisotopic (exact) mass is 299 g/mol. The van der Waals surface area contributed by atoms with Gasteiger partial charge in [-0.3, -0.25) is 0 Å². The van der Waals surface area contributed by atoms with E-state index in [1.54, 1.807) is 12.1 Å². The third kappa shape index (κ3) is 3.11. The van der Waals surface area contributed by atoms with Gasteiger partial charge in [-0.15, -0.1) is 0 Å². The summed E-state index contributed by atoms with van der Waals surface area (Å²) in [6.07, 6.45) is 0. The summed E-state index contributed by atoms with van der Waals surface area (Å²) in [4.78, 5) is 0. The molecule has 0 aliphatic carbocycles. The number of hydrogen-bond acceptors (Lipinski definition) is 1. The van der Waals surface area contributed by atoms with Crippen LogP contribution in [0.3, 0.4) is 0 Å². The molecule has 0 bridgehead atoms. The molecule has 0 aromatic heterocycles.